The number of hydrogen-bond acceptors (Lipinski definition) is 7. The standard InChI is InChI=1S/C28H35N5O4S/c1-31-17-19-32(20-18-31)16-8-15-30-38(36,37)25-13-14-27(28(21-25)33(34)35)29-22-26(23-9-4-2-5-10-23)24-11-6-3-7-12-24/h2-7,9-14,21,26,29-30H,8,15-20,22H2,1H3. The van der Waals surface area contributed by atoms with E-state index in [1.807, 2.05) is 60.7 Å². The minimum atomic E-state index is -3.87. The van der Waals surface area contributed by atoms with Crippen molar-refractivity contribution in [2.24, 2.45) is 0 Å². The molecule has 0 aliphatic carbocycles. The van der Waals surface area contributed by atoms with E-state index in [0.717, 1.165) is 49.9 Å². The molecule has 0 saturated carbocycles. The van der Waals surface area contributed by atoms with Gasteiger partial charge in [-0.3, -0.25) is 10.1 Å². The Labute approximate surface area is 224 Å². The Morgan fingerprint density at radius 3 is 2.11 bits per heavy atom. The van der Waals surface area contributed by atoms with Crippen LogP contribution in [0.5, 0.6) is 0 Å². The van der Waals surface area contributed by atoms with Crippen LogP contribution in [0.1, 0.15) is 23.5 Å². The fraction of sp³-hybridized carbons (Fsp3) is 0.357. The average Bonchev–Trinajstić information content (AvgIpc) is 2.93. The maximum Gasteiger partial charge on any atom is 0.293 e. The van der Waals surface area contributed by atoms with Crippen LogP contribution in [0, 0.1) is 10.1 Å². The molecule has 1 fully saturated rings. The molecule has 2 N–H and O–H groups in total. The Hall–Kier alpha value is -3.31. The number of nitrogens with zero attached hydrogens (tertiary/aromatic N) is 3. The molecule has 1 aliphatic rings. The van der Waals surface area contributed by atoms with Crippen molar-refractivity contribution in [3.63, 3.8) is 0 Å². The third-order valence-electron chi connectivity index (χ3n) is 6.92. The highest BCUT2D eigenvalue weighted by Crippen LogP contribution is 2.30. The van der Waals surface area contributed by atoms with Crippen LogP contribution in [0.2, 0.25) is 0 Å². The number of benzene rings is 3. The normalized spacial score (nSPS) is 15.0. The maximum absolute atomic E-state index is 12.9. The van der Waals surface area contributed by atoms with E-state index < -0.39 is 14.9 Å². The predicted molar refractivity (Wildman–Crippen MR) is 150 cm³/mol. The van der Waals surface area contributed by atoms with Crippen molar-refractivity contribution >= 4 is 21.4 Å². The molecule has 38 heavy (non-hydrogen) atoms. The number of nitro benzene ring substituents is 1. The zero-order chi connectivity index (χ0) is 27.0. The van der Waals surface area contributed by atoms with E-state index in [-0.39, 0.29) is 28.7 Å². The molecule has 0 unspecified atom stereocenters. The SMILES string of the molecule is CN1CCN(CCCNS(=O)(=O)c2ccc(NCC(c3ccccc3)c3ccccc3)c([N+](=O)[O-])c2)CC1. The van der Waals surface area contributed by atoms with Crippen molar-refractivity contribution in [1.29, 1.82) is 0 Å². The lowest BCUT2D eigenvalue weighted by Crippen LogP contribution is -2.45. The number of piperazine rings is 1. The highest BCUT2D eigenvalue weighted by atomic mass is 32.2. The van der Waals surface area contributed by atoms with E-state index in [9.17, 15) is 18.5 Å². The van der Waals surface area contributed by atoms with Crippen molar-refractivity contribution in [2.45, 2.75) is 17.2 Å². The molecule has 0 aromatic heterocycles. The van der Waals surface area contributed by atoms with Gasteiger partial charge >= 0.3 is 0 Å². The van der Waals surface area contributed by atoms with Crippen molar-refractivity contribution in [3.8, 4) is 0 Å². The highest BCUT2D eigenvalue weighted by Gasteiger charge is 2.23. The van der Waals surface area contributed by atoms with Crippen LogP contribution in [0.15, 0.2) is 83.8 Å². The molecule has 0 radical (unpaired) electrons. The van der Waals surface area contributed by atoms with E-state index in [1.54, 1.807) is 0 Å². The van der Waals surface area contributed by atoms with Gasteiger partial charge in [0.2, 0.25) is 10.0 Å². The number of nitrogens with one attached hydrogen (secondary N) is 2. The second-order valence-corrected chi connectivity index (χ2v) is 11.4. The van der Waals surface area contributed by atoms with Gasteiger partial charge in [-0.2, -0.15) is 0 Å². The lowest BCUT2D eigenvalue weighted by Gasteiger charge is -2.32. The van der Waals surface area contributed by atoms with Gasteiger partial charge in [0.1, 0.15) is 5.69 Å². The fourth-order valence-corrected chi connectivity index (χ4v) is 5.75. The van der Waals surface area contributed by atoms with Crippen LogP contribution < -0.4 is 10.0 Å². The van der Waals surface area contributed by atoms with Crippen LogP contribution in [0.25, 0.3) is 0 Å². The summed E-state index contributed by atoms with van der Waals surface area (Å²) in [5, 5.41) is 15.1. The summed E-state index contributed by atoms with van der Waals surface area (Å²) in [4.78, 5) is 15.8. The van der Waals surface area contributed by atoms with E-state index in [1.165, 1.54) is 12.1 Å². The molecule has 1 saturated heterocycles. The Morgan fingerprint density at radius 1 is 0.921 bits per heavy atom. The molecule has 0 bridgehead atoms. The minimum absolute atomic E-state index is 0.0395. The number of hydrogen-bond donors (Lipinski definition) is 2. The number of nitro groups is 1. The highest BCUT2D eigenvalue weighted by molar-refractivity contribution is 7.89. The zero-order valence-corrected chi connectivity index (χ0v) is 22.4. The van der Waals surface area contributed by atoms with E-state index in [0.29, 0.717) is 13.0 Å². The second kappa shape index (κ2) is 13.0. The third-order valence-corrected chi connectivity index (χ3v) is 8.37. The van der Waals surface area contributed by atoms with Gasteiger partial charge in [-0.05, 0) is 43.3 Å². The number of sulfonamides is 1. The lowest BCUT2D eigenvalue weighted by atomic mass is 9.91. The van der Waals surface area contributed by atoms with Gasteiger partial charge in [-0.1, -0.05) is 60.7 Å². The van der Waals surface area contributed by atoms with Gasteiger partial charge in [0.05, 0.1) is 9.82 Å². The summed E-state index contributed by atoms with van der Waals surface area (Å²) in [6, 6.07) is 23.9. The molecule has 4 rings (SSSR count). The summed E-state index contributed by atoms with van der Waals surface area (Å²) in [6.07, 6.45) is 0.672. The van der Waals surface area contributed by atoms with Gasteiger partial charge in [0, 0.05) is 51.3 Å². The molecule has 0 amide bonds. The number of anilines is 1. The van der Waals surface area contributed by atoms with Gasteiger partial charge in [-0.25, -0.2) is 13.1 Å². The molecule has 202 valence electrons. The molecular formula is C28H35N5O4S. The Balaban J connectivity index is 1.42. The van der Waals surface area contributed by atoms with Crippen LogP contribution in [-0.2, 0) is 10.0 Å². The van der Waals surface area contributed by atoms with E-state index >= 15 is 0 Å². The first-order chi connectivity index (χ1) is 18.3. The lowest BCUT2D eigenvalue weighted by molar-refractivity contribution is -0.384. The monoisotopic (exact) mass is 537 g/mol. The van der Waals surface area contributed by atoms with Crippen molar-refractivity contribution in [2.75, 3.05) is 58.2 Å². The van der Waals surface area contributed by atoms with Crippen LogP contribution in [0.3, 0.4) is 0 Å². The average molecular weight is 538 g/mol. The van der Waals surface area contributed by atoms with E-state index in [4.69, 9.17) is 0 Å². The minimum Gasteiger partial charge on any atom is -0.379 e. The topological polar surface area (TPSA) is 108 Å². The van der Waals surface area contributed by atoms with Gasteiger partial charge in [0.15, 0.2) is 0 Å². The quantitative estimate of drug-likeness (QED) is 0.206. The van der Waals surface area contributed by atoms with Crippen LogP contribution >= 0.6 is 0 Å². The summed E-state index contributed by atoms with van der Waals surface area (Å²) >= 11 is 0. The van der Waals surface area contributed by atoms with Gasteiger partial charge in [0.25, 0.3) is 5.69 Å². The molecule has 9 nitrogen and oxygen atoms in total. The van der Waals surface area contributed by atoms with Crippen molar-refractivity contribution < 1.29 is 13.3 Å². The van der Waals surface area contributed by atoms with Crippen LogP contribution in [0.4, 0.5) is 11.4 Å². The summed E-state index contributed by atoms with van der Waals surface area (Å²) in [5.41, 5.74) is 2.16. The molecular weight excluding hydrogens is 502 g/mol. The number of rotatable bonds is 12. The molecule has 3 aromatic rings. The summed E-state index contributed by atoms with van der Waals surface area (Å²) in [6.45, 7) is 5.45. The third kappa shape index (κ3) is 7.38. The maximum atomic E-state index is 12.9. The van der Waals surface area contributed by atoms with Crippen molar-refractivity contribution in [3.05, 3.63) is 100 Å². The Morgan fingerprint density at radius 2 is 1.53 bits per heavy atom. The Kier molecular flexibility index (Phi) is 9.46. The Bertz CT molecular complexity index is 1260. The second-order valence-electron chi connectivity index (χ2n) is 9.59. The largest absolute Gasteiger partial charge is 0.379 e. The molecule has 1 heterocycles. The number of likely N-dealkylation sites (N-methyl/N-ethyl adjacent to an activating group) is 1. The fourth-order valence-electron chi connectivity index (χ4n) is 4.65. The van der Waals surface area contributed by atoms with E-state index in [2.05, 4.69) is 26.9 Å². The molecule has 1 aliphatic heterocycles. The smallest absolute Gasteiger partial charge is 0.293 e. The first kappa shape index (κ1) is 27.7. The van der Waals surface area contributed by atoms with Crippen LogP contribution in [-0.4, -0.2) is 76.0 Å². The molecule has 0 spiro atoms. The summed E-state index contributed by atoms with van der Waals surface area (Å²) < 4.78 is 28.3. The van der Waals surface area contributed by atoms with Crippen molar-refractivity contribution in [1.82, 2.24) is 14.5 Å². The van der Waals surface area contributed by atoms with Gasteiger partial charge < -0.3 is 15.1 Å². The summed E-state index contributed by atoms with van der Waals surface area (Å²) in [7, 11) is -1.78. The molecule has 0 atom stereocenters. The first-order valence-corrected chi connectivity index (χ1v) is 14.3. The van der Waals surface area contributed by atoms with Gasteiger partial charge in [-0.15, -0.1) is 0 Å². The zero-order valence-electron chi connectivity index (χ0n) is 21.6. The molecule has 3 aromatic carbocycles. The predicted octanol–water partition coefficient (Wildman–Crippen LogP) is 3.75. The first-order valence-electron chi connectivity index (χ1n) is 12.9. The summed E-state index contributed by atoms with van der Waals surface area (Å²) in [5.74, 6) is -0.0395. The molecule has 10 heteroatoms.